The minimum Gasteiger partial charge on any atom is -0.496 e. The van der Waals surface area contributed by atoms with Crippen LogP contribution in [0.3, 0.4) is 0 Å². The van der Waals surface area contributed by atoms with E-state index >= 15 is 0 Å². The van der Waals surface area contributed by atoms with Gasteiger partial charge in [0.1, 0.15) is 17.5 Å². The second-order valence-corrected chi connectivity index (χ2v) is 8.41. The average molecular weight is 493 g/mol. The van der Waals surface area contributed by atoms with Crippen molar-refractivity contribution in [3.05, 3.63) is 53.7 Å². The number of alkyl halides is 3. The number of methoxy groups -OCH3 is 1. The molecule has 1 aliphatic heterocycles. The fourth-order valence-electron chi connectivity index (χ4n) is 4.51. The normalized spacial score (nSPS) is 17.8. The summed E-state index contributed by atoms with van der Waals surface area (Å²) in [7, 11) is 1.59. The van der Waals surface area contributed by atoms with Gasteiger partial charge in [-0.15, -0.1) is 22.6 Å². The molecule has 2 atom stereocenters. The number of nitrogens with two attached hydrogens (primary N) is 1. The van der Waals surface area contributed by atoms with Crippen LogP contribution in [0.1, 0.15) is 23.6 Å². The summed E-state index contributed by atoms with van der Waals surface area (Å²) in [5.74, 6) is 1.07. The SMILES string of the molecule is COc1cc2nc(-c3nnc4ccc([C@@H](N5CC[C@H](N)C5)C(F)(F)F)cn34)ccc2cc1C.Cl. The van der Waals surface area contributed by atoms with Crippen molar-refractivity contribution in [2.45, 2.75) is 31.6 Å². The van der Waals surface area contributed by atoms with Crippen LogP contribution in [-0.4, -0.2) is 56.9 Å². The average Bonchev–Trinajstić information content (AvgIpc) is 3.38. The van der Waals surface area contributed by atoms with Crippen molar-refractivity contribution < 1.29 is 17.9 Å². The van der Waals surface area contributed by atoms with Crippen molar-refractivity contribution in [3.63, 3.8) is 0 Å². The summed E-state index contributed by atoms with van der Waals surface area (Å²) in [4.78, 5) is 6.06. The molecular formula is C23H24ClF3N6O. The Morgan fingerprint density at radius 3 is 2.62 bits per heavy atom. The standard InChI is InChI=1S/C23H23F3N6O.ClH/c1-13-9-14-3-5-17(28-18(14)10-19(13)33-2)22-30-29-20-6-4-15(11-32(20)22)21(23(24,25)26)31-8-7-16(27)12-31;/h3-6,9-11,16,21H,7-8,12,27H2,1-2H3;1H/t16-,21+;/m0./s1. The number of fused-ring (bicyclic) bond motifs is 2. The molecular weight excluding hydrogens is 469 g/mol. The number of benzene rings is 1. The van der Waals surface area contributed by atoms with Crippen molar-refractivity contribution in [2.24, 2.45) is 5.73 Å². The molecule has 1 aromatic carbocycles. The molecule has 2 N–H and O–H groups in total. The Bertz CT molecular complexity index is 1340. The number of rotatable bonds is 4. The van der Waals surface area contributed by atoms with Gasteiger partial charge < -0.3 is 10.5 Å². The van der Waals surface area contributed by atoms with Gasteiger partial charge in [-0.25, -0.2) is 4.98 Å². The van der Waals surface area contributed by atoms with Gasteiger partial charge in [0.25, 0.3) is 0 Å². The maximum atomic E-state index is 14.1. The highest BCUT2D eigenvalue weighted by molar-refractivity contribution is 5.85. The highest BCUT2D eigenvalue weighted by atomic mass is 35.5. The molecule has 0 unspecified atom stereocenters. The first-order valence-electron chi connectivity index (χ1n) is 10.6. The molecule has 34 heavy (non-hydrogen) atoms. The third-order valence-electron chi connectivity index (χ3n) is 6.11. The second kappa shape index (κ2) is 9.01. The second-order valence-electron chi connectivity index (χ2n) is 8.41. The van der Waals surface area contributed by atoms with E-state index in [1.807, 2.05) is 25.1 Å². The molecule has 0 amide bonds. The number of hydrogen-bond acceptors (Lipinski definition) is 6. The summed E-state index contributed by atoms with van der Waals surface area (Å²) in [6.45, 7) is 2.45. The van der Waals surface area contributed by atoms with Crippen molar-refractivity contribution in [1.82, 2.24) is 24.5 Å². The molecule has 1 saturated heterocycles. The van der Waals surface area contributed by atoms with Gasteiger partial charge in [-0.2, -0.15) is 13.2 Å². The summed E-state index contributed by atoms with van der Waals surface area (Å²) >= 11 is 0. The van der Waals surface area contributed by atoms with E-state index in [1.54, 1.807) is 23.6 Å². The Labute approximate surface area is 200 Å². The Hall–Kier alpha value is -2.95. The maximum absolute atomic E-state index is 14.1. The summed E-state index contributed by atoms with van der Waals surface area (Å²) < 4.78 is 49.1. The van der Waals surface area contributed by atoms with Gasteiger partial charge in [0, 0.05) is 36.8 Å². The Kier molecular flexibility index (Phi) is 6.41. The zero-order valence-corrected chi connectivity index (χ0v) is 19.4. The third kappa shape index (κ3) is 4.28. The first kappa shape index (κ1) is 24.2. The molecule has 180 valence electrons. The largest absolute Gasteiger partial charge is 0.496 e. The molecule has 7 nitrogen and oxygen atoms in total. The van der Waals surface area contributed by atoms with Crippen LogP contribution in [0.2, 0.25) is 0 Å². The molecule has 1 aliphatic rings. The molecule has 4 heterocycles. The topological polar surface area (TPSA) is 81.6 Å². The quantitative estimate of drug-likeness (QED) is 0.457. The summed E-state index contributed by atoms with van der Waals surface area (Å²) in [5.41, 5.74) is 8.62. The van der Waals surface area contributed by atoms with E-state index in [2.05, 4.69) is 15.2 Å². The molecule has 5 rings (SSSR count). The van der Waals surface area contributed by atoms with Gasteiger partial charge in [0.2, 0.25) is 0 Å². The van der Waals surface area contributed by atoms with Crippen LogP contribution in [0.4, 0.5) is 13.2 Å². The number of hydrogen-bond donors (Lipinski definition) is 1. The highest BCUT2D eigenvalue weighted by Gasteiger charge is 2.46. The van der Waals surface area contributed by atoms with Crippen molar-refractivity contribution >= 4 is 29.0 Å². The number of nitrogens with zero attached hydrogens (tertiary/aromatic N) is 5. The lowest BCUT2D eigenvalue weighted by molar-refractivity contribution is -0.183. The first-order chi connectivity index (χ1) is 15.7. The van der Waals surface area contributed by atoms with Crippen LogP contribution in [-0.2, 0) is 0 Å². The molecule has 3 aromatic heterocycles. The first-order valence-corrected chi connectivity index (χ1v) is 10.6. The van der Waals surface area contributed by atoms with Crippen LogP contribution in [0.5, 0.6) is 5.75 Å². The van der Waals surface area contributed by atoms with Crippen LogP contribution in [0.25, 0.3) is 28.1 Å². The number of ether oxygens (including phenoxy) is 1. The number of aryl methyl sites for hydroxylation is 1. The highest BCUT2D eigenvalue weighted by Crippen LogP contribution is 2.39. The van der Waals surface area contributed by atoms with Gasteiger partial charge >= 0.3 is 6.18 Å². The number of pyridine rings is 2. The van der Waals surface area contributed by atoms with Gasteiger partial charge in [-0.05, 0) is 42.7 Å². The lowest BCUT2D eigenvalue weighted by Gasteiger charge is -2.30. The monoisotopic (exact) mass is 492 g/mol. The van der Waals surface area contributed by atoms with Crippen molar-refractivity contribution in [1.29, 1.82) is 0 Å². The van der Waals surface area contributed by atoms with E-state index in [4.69, 9.17) is 10.5 Å². The van der Waals surface area contributed by atoms with Gasteiger partial charge in [-0.1, -0.05) is 12.1 Å². The number of aromatic nitrogens is 4. The number of likely N-dealkylation sites (tertiary alicyclic amines) is 1. The molecule has 0 aliphatic carbocycles. The number of halogens is 4. The third-order valence-corrected chi connectivity index (χ3v) is 6.11. The summed E-state index contributed by atoms with van der Waals surface area (Å²) in [6, 6.07) is 8.50. The predicted molar refractivity (Wildman–Crippen MR) is 125 cm³/mol. The zero-order valence-electron chi connectivity index (χ0n) is 18.6. The van der Waals surface area contributed by atoms with Gasteiger partial charge in [0.05, 0.1) is 12.6 Å². The maximum Gasteiger partial charge on any atom is 0.408 e. The minimum atomic E-state index is -4.44. The van der Waals surface area contributed by atoms with E-state index in [0.29, 0.717) is 41.4 Å². The molecule has 0 radical (unpaired) electrons. The van der Waals surface area contributed by atoms with Crippen LogP contribution in [0.15, 0.2) is 42.6 Å². The van der Waals surface area contributed by atoms with E-state index in [-0.39, 0.29) is 30.6 Å². The Balaban J connectivity index is 0.00000274. The minimum absolute atomic E-state index is 0. The fourth-order valence-corrected chi connectivity index (χ4v) is 4.51. The predicted octanol–water partition coefficient (Wildman–Crippen LogP) is 4.32. The van der Waals surface area contributed by atoms with Gasteiger partial charge in [-0.3, -0.25) is 9.30 Å². The molecule has 0 spiro atoms. The van der Waals surface area contributed by atoms with E-state index < -0.39 is 12.2 Å². The van der Waals surface area contributed by atoms with Crippen molar-refractivity contribution in [2.75, 3.05) is 20.2 Å². The Morgan fingerprint density at radius 2 is 1.94 bits per heavy atom. The summed E-state index contributed by atoms with van der Waals surface area (Å²) in [5, 5.41) is 9.26. The Morgan fingerprint density at radius 1 is 1.15 bits per heavy atom. The lowest BCUT2D eigenvalue weighted by Crippen LogP contribution is -2.38. The van der Waals surface area contributed by atoms with Crippen LogP contribution < -0.4 is 10.5 Å². The molecule has 1 fully saturated rings. The molecule has 11 heteroatoms. The molecule has 0 saturated carbocycles. The smallest absolute Gasteiger partial charge is 0.408 e. The molecule has 4 aromatic rings. The van der Waals surface area contributed by atoms with Crippen molar-refractivity contribution in [3.8, 4) is 17.3 Å². The fraction of sp³-hybridized carbons (Fsp3) is 0.348. The van der Waals surface area contributed by atoms with Crippen LogP contribution >= 0.6 is 12.4 Å². The molecule has 0 bridgehead atoms. The van der Waals surface area contributed by atoms with E-state index in [0.717, 1.165) is 10.9 Å². The van der Waals surface area contributed by atoms with Crippen LogP contribution in [0, 0.1) is 6.92 Å². The lowest BCUT2D eigenvalue weighted by atomic mass is 10.1. The van der Waals surface area contributed by atoms with E-state index in [9.17, 15) is 13.2 Å². The summed E-state index contributed by atoms with van der Waals surface area (Å²) in [6.07, 6.45) is -2.45. The van der Waals surface area contributed by atoms with E-state index in [1.165, 1.54) is 17.2 Å². The van der Waals surface area contributed by atoms with Gasteiger partial charge in [0.15, 0.2) is 11.5 Å². The zero-order chi connectivity index (χ0) is 23.3.